The van der Waals surface area contributed by atoms with Gasteiger partial charge in [0.25, 0.3) is 0 Å². The summed E-state index contributed by atoms with van der Waals surface area (Å²) in [6.07, 6.45) is 9.34. The molecule has 1 fully saturated rings. The van der Waals surface area contributed by atoms with Gasteiger partial charge in [-0.15, -0.1) is 0 Å². The molecule has 1 saturated heterocycles. The Labute approximate surface area is 338 Å². The van der Waals surface area contributed by atoms with Crippen LogP contribution in [0.3, 0.4) is 0 Å². The van der Waals surface area contributed by atoms with Crippen LogP contribution in [0, 0.1) is 11.8 Å². The highest BCUT2D eigenvalue weighted by Gasteiger charge is 2.42. The van der Waals surface area contributed by atoms with Crippen molar-refractivity contribution < 1.29 is 23.1 Å². The van der Waals surface area contributed by atoms with Gasteiger partial charge in [-0.05, 0) is 96.8 Å². The summed E-state index contributed by atoms with van der Waals surface area (Å²) in [5, 5.41) is 23.1. The summed E-state index contributed by atoms with van der Waals surface area (Å²) in [7, 11) is 0.0475. The number of piperidine rings is 1. The van der Waals surface area contributed by atoms with Gasteiger partial charge < -0.3 is 14.7 Å². The standard InChI is InChI=1S/C47H45N5O5S/c1-50(2)34-15-12-32(13-16-34)48-49-33-14-18-35-30(27-33)11-17-39-43(38-8-3-4-10-42(38)58(55,56)52-25-21-29(22-26-52)47(53)54)40-20-19-36-37-9-6-24-51-23-5-7-31(44(37)51)28-41(36)46(40)57-45(35)39/h3-4,8,10-20,27-29,40,43H,5-7,9,21-26H2,1-2H3/p+1. The fraction of sp³-hybridized carbons (Fsp3) is 0.319. The minimum absolute atomic E-state index is 0.169. The lowest BCUT2D eigenvalue weighted by molar-refractivity contribution is -0.142. The van der Waals surface area contributed by atoms with Gasteiger partial charge in [0.15, 0.2) is 0 Å². The Morgan fingerprint density at radius 3 is 2.40 bits per heavy atom. The van der Waals surface area contributed by atoms with E-state index in [0.717, 1.165) is 83.2 Å². The molecule has 5 aromatic carbocycles. The summed E-state index contributed by atoms with van der Waals surface area (Å²) in [6, 6.07) is 27.8. The molecular weight excluding hydrogens is 747 g/mol. The number of sulfonamides is 1. The number of benzene rings is 5. The third-order valence-electron chi connectivity index (χ3n) is 12.8. The minimum Gasteiger partial charge on any atom is -0.481 e. The number of hydrogen-bond donors (Lipinski definition) is 1. The maximum atomic E-state index is 14.6. The van der Waals surface area contributed by atoms with Crippen LogP contribution in [0.4, 0.5) is 17.1 Å². The zero-order valence-electron chi connectivity index (χ0n) is 32.8. The highest BCUT2D eigenvalue weighted by atomic mass is 32.2. The van der Waals surface area contributed by atoms with Gasteiger partial charge in [-0.3, -0.25) is 4.79 Å². The molecule has 11 heteroatoms. The molecule has 0 radical (unpaired) electrons. The molecule has 1 aliphatic carbocycles. The third-order valence-corrected chi connectivity index (χ3v) is 14.8. The number of rotatable bonds is 7. The molecule has 5 aromatic rings. The first-order valence-electron chi connectivity index (χ1n) is 20.4. The van der Waals surface area contributed by atoms with Gasteiger partial charge in [0.2, 0.25) is 15.4 Å². The molecule has 10 nitrogen and oxygen atoms in total. The third kappa shape index (κ3) is 6.14. The molecular formula is C47H46N5O5S+. The van der Waals surface area contributed by atoms with Gasteiger partial charge in [0.1, 0.15) is 24.6 Å². The average molecular weight is 793 g/mol. The van der Waals surface area contributed by atoms with Crippen LogP contribution in [0.1, 0.15) is 59.4 Å². The number of anilines is 1. The fourth-order valence-corrected chi connectivity index (χ4v) is 11.6. The van der Waals surface area contributed by atoms with Crippen molar-refractivity contribution in [3.8, 4) is 5.75 Å². The number of ether oxygens (including phenoxy) is 1. The monoisotopic (exact) mass is 792 g/mol. The summed E-state index contributed by atoms with van der Waals surface area (Å²) in [4.78, 5) is 14.0. The van der Waals surface area contributed by atoms with Crippen LogP contribution in [-0.2, 0) is 27.7 Å². The summed E-state index contributed by atoms with van der Waals surface area (Å²) in [5.74, 6) is -0.467. The van der Waals surface area contributed by atoms with Gasteiger partial charge in [-0.25, -0.2) is 13.0 Å². The molecule has 0 saturated carbocycles. The first-order chi connectivity index (χ1) is 28.2. The lowest BCUT2D eigenvalue weighted by Crippen LogP contribution is -2.46. The van der Waals surface area contributed by atoms with Crippen molar-refractivity contribution in [1.82, 2.24) is 8.88 Å². The number of aryl methyl sites for hydroxylation is 1. The minimum atomic E-state index is -3.96. The number of fused-ring (bicyclic) bond motifs is 6. The molecule has 5 aliphatic rings. The highest BCUT2D eigenvalue weighted by Crippen LogP contribution is 2.52. The van der Waals surface area contributed by atoms with Gasteiger partial charge in [-0.2, -0.15) is 14.5 Å². The second-order valence-corrected chi connectivity index (χ2v) is 18.3. The number of carboxylic acid groups (broad SMARTS) is 1. The first-order valence-corrected chi connectivity index (χ1v) is 21.8. The molecule has 0 spiro atoms. The Morgan fingerprint density at radius 2 is 1.62 bits per heavy atom. The summed E-state index contributed by atoms with van der Waals surface area (Å²) >= 11 is 0. The van der Waals surface area contributed by atoms with Crippen molar-refractivity contribution >= 4 is 55.7 Å². The topological polar surface area (TPSA) is 115 Å². The van der Waals surface area contributed by atoms with Crippen molar-refractivity contribution in [2.45, 2.75) is 49.3 Å². The van der Waals surface area contributed by atoms with Gasteiger partial charge >= 0.3 is 5.97 Å². The van der Waals surface area contributed by atoms with Crippen LogP contribution in [-0.4, -0.2) is 64.1 Å². The van der Waals surface area contributed by atoms with E-state index in [4.69, 9.17) is 4.74 Å². The van der Waals surface area contributed by atoms with E-state index >= 15 is 0 Å². The van der Waals surface area contributed by atoms with Crippen molar-refractivity contribution in [3.05, 3.63) is 129 Å². The quantitative estimate of drug-likeness (QED) is 0.138. The molecule has 4 aliphatic heterocycles. The van der Waals surface area contributed by atoms with Crippen LogP contribution in [0.25, 0.3) is 22.6 Å². The van der Waals surface area contributed by atoms with Gasteiger partial charge in [0, 0.05) is 84.8 Å². The van der Waals surface area contributed by atoms with Crippen molar-refractivity contribution in [3.63, 3.8) is 0 Å². The summed E-state index contributed by atoms with van der Waals surface area (Å²) in [6.45, 7) is 2.51. The number of hydrogen-bond acceptors (Lipinski definition) is 7. The zero-order chi connectivity index (χ0) is 39.7. The normalized spacial score (nSPS) is 20.3. The Balaban J connectivity index is 1.13. The van der Waals surface area contributed by atoms with Crippen LogP contribution in [0.15, 0.2) is 106 Å². The second-order valence-electron chi connectivity index (χ2n) is 16.4. The molecule has 0 aromatic heterocycles. The smallest absolute Gasteiger partial charge is 0.306 e. The Bertz CT molecular complexity index is 2820. The fourth-order valence-electron chi connectivity index (χ4n) is 9.91. The van der Waals surface area contributed by atoms with Crippen LogP contribution in [0.2, 0.25) is 0 Å². The molecule has 0 amide bonds. The Kier molecular flexibility index (Phi) is 9.05. The summed E-state index contributed by atoms with van der Waals surface area (Å²) in [5.41, 5.74) is 8.16. The number of nitrogens with zero attached hydrogens (tertiary/aromatic N) is 5. The Hall–Kier alpha value is -5.65. The lowest BCUT2D eigenvalue weighted by Gasteiger charge is -2.38. The van der Waals surface area contributed by atoms with E-state index in [0.29, 0.717) is 11.3 Å². The average Bonchev–Trinajstić information content (AvgIpc) is 3.25. The van der Waals surface area contributed by atoms with E-state index in [1.165, 1.54) is 26.4 Å². The van der Waals surface area contributed by atoms with Crippen molar-refractivity contribution in [2.75, 3.05) is 45.2 Å². The predicted octanol–water partition coefficient (Wildman–Crippen LogP) is 7.17. The molecule has 294 valence electrons. The highest BCUT2D eigenvalue weighted by molar-refractivity contribution is 7.89. The lowest BCUT2D eigenvalue weighted by atomic mass is 9.74. The first kappa shape index (κ1) is 36.7. The van der Waals surface area contributed by atoms with E-state index in [1.807, 2.05) is 73.6 Å². The molecule has 0 bridgehead atoms. The van der Waals surface area contributed by atoms with Crippen molar-refractivity contribution in [1.29, 1.82) is 0 Å². The van der Waals surface area contributed by atoms with E-state index in [-0.39, 0.29) is 42.7 Å². The number of carbonyl (C=O) groups is 1. The van der Waals surface area contributed by atoms with Crippen LogP contribution >= 0.6 is 0 Å². The molecule has 4 heterocycles. The summed E-state index contributed by atoms with van der Waals surface area (Å²) < 4.78 is 40.5. The van der Waals surface area contributed by atoms with Crippen molar-refractivity contribution in [2.24, 2.45) is 22.1 Å². The Morgan fingerprint density at radius 1 is 0.879 bits per heavy atom. The maximum absolute atomic E-state index is 14.6. The van der Waals surface area contributed by atoms with Gasteiger partial charge in [0.05, 0.1) is 22.2 Å². The maximum Gasteiger partial charge on any atom is 0.306 e. The number of azo groups is 1. The molecule has 1 N–H and O–H groups in total. The van der Waals surface area contributed by atoms with Gasteiger partial charge in [-0.1, -0.05) is 42.5 Å². The van der Waals surface area contributed by atoms with Crippen LogP contribution < -0.4 is 24.8 Å². The molecule has 2 atom stereocenters. The largest absolute Gasteiger partial charge is 0.481 e. The van der Waals surface area contributed by atoms with E-state index in [1.54, 1.807) is 12.1 Å². The second kappa shape index (κ2) is 14.3. The number of carboxylic acids is 1. The SMILES string of the molecule is CN(C)c1ccc(N=Nc2ccc3c4c(ccc3c2)C(c2ccccc2S(=O)(=O)N2CCC(C(=O)O)CC2)C2C=Cc3c5c6c(cc3=C2O4)CCC[N+]=6CCC5)cc1. The molecule has 2 unspecified atom stereocenters. The molecule has 58 heavy (non-hydrogen) atoms. The van der Waals surface area contributed by atoms with E-state index < -0.39 is 21.9 Å². The van der Waals surface area contributed by atoms with Crippen LogP contribution in [0.5, 0.6) is 5.75 Å². The van der Waals surface area contributed by atoms with E-state index in [2.05, 4.69) is 45.2 Å². The zero-order valence-corrected chi connectivity index (χ0v) is 33.6. The number of aliphatic carboxylic acids is 1. The predicted molar refractivity (Wildman–Crippen MR) is 226 cm³/mol. The van der Waals surface area contributed by atoms with E-state index in [9.17, 15) is 18.3 Å². The molecule has 10 rings (SSSR count).